The molecule has 232 valence electrons. The summed E-state index contributed by atoms with van der Waals surface area (Å²) in [4.78, 5) is 18.9. The molecule has 0 spiro atoms. The highest BCUT2D eigenvalue weighted by Crippen LogP contribution is 2.43. The van der Waals surface area contributed by atoms with Crippen molar-refractivity contribution >= 4 is 49.0 Å². The summed E-state index contributed by atoms with van der Waals surface area (Å²) < 4.78 is 20.7. The Hall–Kier alpha value is -3.95. The third-order valence-electron chi connectivity index (χ3n) is 7.43. The van der Waals surface area contributed by atoms with Gasteiger partial charge < -0.3 is 14.2 Å². The van der Waals surface area contributed by atoms with Gasteiger partial charge in [0.05, 0.1) is 35.3 Å². The Labute approximate surface area is 280 Å². The van der Waals surface area contributed by atoms with Crippen LogP contribution in [0.1, 0.15) is 54.5 Å². The first-order chi connectivity index (χ1) is 21.6. The van der Waals surface area contributed by atoms with Gasteiger partial charge in [0.1, 0.15) is 12.4 Å². The fraction of sp³-hybridized carbons (Fsp3) is 0.250. The number of aromatic nitrogens is 2. The molecule has 0 N–H and O–H groups in total. The van der Waals surface area contributed by atoms with Gasteiger partial charge in [-0.15, -0.1) is 0 Å². The molecule has 0 fully saturated rings. The smallest absolute Gasteiger partial charge is 0.282 e. The van der Waals surface area contributed by atoms with Gasteiger partial charge in [-0.3, -0.25) is 4.79 Å². The molecule has 7 nitrogen and oxygen atoms in total. The molecule has 1 aromatic heterocycles. The number of hydrogen-bond donors (Lipinski definition) is 0. The largest absolute Gasteiger partial charge is 0.496 e. The molecule has 0 radical (unpaired) electrons. The summed E-state index contributed by atoms with van der Waals surface area (Å²) in [6, 6.07) is 21.4. The summed E-state index contributed by atoms with van der Waals surface area (Å²) in [6.45, 7) is 11.0. The zero-order chi connectivity index (χ0) is 32.2. The molecule has 0 unspecified atom stereocenters. The average molecular weight is 734 g/mol. The van der Waals surface area contributed by atoms with Crippen LogP contribution in [0.2, 0.25) is 0 Å². The van der Waals surface area contributed by atoms with Crippen LogP contribution in [0, 0.1) is 13.8 Å². The topological polar surface area (TPSA) is 74.9 Å². The van der Waals surface area contributed by atoms with Crippen LogP contribution in [0.15, 0.2) is 85.6 Å². The zero-order valence-electron chi connectivity index (χ0n) is 26.2. The predicted octanol–water partition coefficient (Wildman–Crippen LogP) is 9.20. The number of ether oxygens (including phenoxy) is 3. The lowest BCUT2D eigenvalue weighted by atomic mass is 9.96. The number of halogens is 2. The molecular weight excluding hydrogens is 698 g/mol. The molecule has 0 aliphatic heterocycles. The molecule has 0 amide bonds. The number of benzene rings is 4. The van der Waals surface area contributed by atoms with Crippen molar-refractivity contribution in [2.75, 3.05) is 13.7 Å². The number of fused-ring (bicyclic) bond motifs is 1. The van der Waals surface area contributed by atoms with E-state index in [0.29, 0.717) is 55.9 Å². The van der Waals surface area contributed by atoms with E-state index in [4.69, 9.17) is 24.3 Å². The first-order valence-electron chi connectivity index (χ1n) is 14.7. The van der Waals surface area contributed by atoms with Crippen LogP contribution in [0.4, 0.5) is 0 Å². The van der Waals surface area contributed by atoms with Gasteiger partial charge in [0.2, 0.25) is 0 Å². The van der Waals surface area contributed by atoms with Crippen molar-refractivity contribution in [1.82, 2.24) is 9.66 Å². The van der Waals surface area contributed by atoms with Crippen LogP contribution < -0.4 is 19.8 Å². The van der Waals surface area contributed by atoms with Crippen LogP contribution >= 0.6 is 31.9 Å². The van der Waals surface area contributed by atoms with E-state index < -0.39 is 0 Å². The number of rotatable bonds is 10. The van der Waals surface area contributed by atoms with Gasteiger partial charge in [0.15, 0.2) is 17.3 Å². The minimum atomic E-state index is -0.272. The highest BCUT2D eigenvalue weighted by atomic mass is 79.9. The molecule has 0 atom stereocenters. The normalized spacial score (nSPS) is 11.5. The van der Waals surface area contributed by atoms with E-state index in [2.05, 4.69) is 64.8 Å². The Kier molecular flexibility index (Phi) is 10.1. The maximum absolute atomic E-state index is 13.9. The molecule has 1 heterocycles. The van der Waals surface area contributed by atoms with Crippen LogP contribution in [0.25, 0.3) is 22.3 Å². The summed E-state index contributed by atoms with van der Waals surface area (Å²) in [5.41, 5.74) is 5.97. The summed E-state index contributed by atoms with van der Waals surface area (Å²) in [5.74, 6) is 2.56. The molecule has 5 rings (SSSR count). The standard InChI is InChI=1S/C36H35Br2N3O4/c1-7-44-31-17-25(32(37)33(38)34(31)45-20-24-12-10-11-22(4)15-24)19-39-41-35(40-29-14-9-8-13-26(29)36(41)42)28-18-27(21(2)3)30(43-6)16-23(28)5/h8-19,21H,7,20H2,1-6H3. The lowest BCUT2D eigenvalue weighted by molar-refractivity contribution is 0.267. The molecule has 0 aliphatic rings. The van der Waals surface area contributed by atoms with Gasteiger partial charge in [-0.1, -0.05) is 55.8 Å². The van der Waals surface area contributed by atoms with Crippen LogP contribution in [-0.4, -0.2) is 29.6 Å². The Morgan fingerprint density at radius 3 is 2.44 bits per heavy atom. The molecule has 45 heavy (non-hydrogen) atoms. The number of hydrogen-bond acceptors (Lipinski definition) is 6. The molecule has 5 aromatic rings. The Morgan fingerprint density at radius 1 is 0.956 bits per heavy atom. The van der Waals surface area contributed by atoms with Gasteiger partial charge in [-0.2, -0.15) is 9.78 Å². The predicted molar refractivity (Wildman–Crippen MR) is 188 cm³/mol. The lowest BCUT2D eigenvalue weighted by Gasteiger charge is -2.18. The van der Waals surface area contributed by atoms with Gasteiger partial charge in [-0.25, -0.2) is 4.98 Å². The average Bonchev–Trinajstić information content (AvgIpc) is 3.02. The third-order valence-corrected chi connectivity index (χ3v) is 9.57. The van der Waals surface area contributed by atoms with Crippen molar-refractivity contribution in [2.45, 2.75) is 47.1 Å². The summed E-state index contributed by atoms with van der Waals surface area (Å²) in [6.07, 6.45) is 1.63. The molecule has 0 aliphatic carbocycles. The minimum Gasteiger partial charge on any atom is -0.496 e. The molecule has 4 aromatic carbocycles. The number of methoxy groups -OCH3 is 1. The molecule has 0 saturated carbocycles. The zero-order valence-corrected chi connectivity index (χ0v) is 29.3. The van der Waals surface area contributed by atoms with E-state index in [1.807, 2.05) is 62.4 Å². The molecule has 0 bridgehead atoms. The highest BCUT2D eigenvalue weighted by Gasteiger charge is 2.20. The maximum Gasteiger partial charge on any atom is 0.282 e. The van der Waals surface area contributed by atoms with Crippen LogP contribution in [-0.2, 0) is 6.61 Å². The van der Waals surface area contributed by atoms with E-state index >= 15 is 0 Å². The van der Waals surface area contributed by atoms with Crippen LogP contribution in [0.3, 0.4) is 0 Å². The molecule has 9 heteroatoms. The minimum absolute atomic E-state index is 0.195. The third kappa shape index (κ3) is 6.84. The second kappa shape index (κ2) is 14.0. The maximum atomic E-state index is 13.9. The first kappa shape index (κ1) is 32.4. The van der Waals surface area contributed by atoms with Crippen molar-refractivity contribution < 1.29 is 14.2 Å². The second-order valence-corrected chi connectivity index (χ2v) is 12.6. The second-order valence-electron chi connectivity index (χ2n) is 11.0. The fourth-order valence-electron chi connectivity index (χ4n) is 5.15. The number of aryl methyl sites for hydroxylation is 2. The van der Waals surface area contributed by atoms with E-state index in [-0.39, 0.29) is 11.5 Å². The van der Waals surface area contributed by atoms with Gasteiger partial charge in [0, 0.05) is 15.6 Å². The fourth-order valence-corrected chi connectivity index (χ4v) is 6.08. The van der Waals surface area contributed by atoms with Gasteiger partial charge in [-0.05, 0) is 106 Å². The van der Waals surface area contributed by atoms with E-state index in [1.54, 1.807) is 19.4 Å². The van der Waals surface area contributed by atoms with Crippen molar-refractivity contribution in [3.05, 3.63) is 114 Å². The SMILES string of the molecule is CCOc1cc(C=Nn2c(-c3cc(C(C)C)c(OC)cc3C)nc3ccccc3c2=O)c(Br)c(Br)c1OCc1cccc(C)c1. The van der Waals surface area contributed by atoms with Crippen molar-refractivity contribution in [1.29, 1.82) is 0 Å². The van der Waals surface area contributed by atoms with E-state index in [9.17, 15) is 4.79 Å². The summed E-state index contributed by atoms with van der Waals surface area (Å²) in [5, 5.41) is 5.21. The van der Waals surface area contributed by atoms with Gasteiger partial charge >= 0.3 is 0 Å². The Morgan fingerprint density at radius 2 is 1.73 bits per heavy atom. The Bertz CT molecular complexity index is 1970. The highest BCUT2D eigenvalue weighted by molar-refractivity contribution is 9.13. The first-order valence-corrected chi connectivity index (χ1v) is 16.3. The Balaban J connectivity index is 1.63. The van der Waals surface area contributed by atoms with E-state index in [0.717, 1.165) is 33.6 Å². The van der Waals surface area contributed by atoms with Crippen molar-refractivity contribution in [2.24, 2.45) is 5.10 Å². The summed E-state index contributed by atoms with van der Waals surface area (Å²) in [7, 11) is 1.67. The monoisotopic (exact) mass is 731 g/mol. The number of para-hydroxylation sites is 1. The number of nitrogens with zero attached hydrogens (tertiary/aromatic N) is 3. The summed E-state index contributed by atoms with van der Waals surface area (Å²) >= 11 is 7.41. The van der Waals surface area contributed by atoms with Crippen molar-refractivity contribution in [3.63, 3.8) is 0 Å². The van der Waals surface area contributed by atoms with Crippen LogP contribution in [0.5, 0.6) is 17.2 Å². The lowest BCUT2D eigenvalue weighted by Crippen LogP contribution is -2.21. The quantitative estimate of drug-likeness (QED) is 0.134. The van der Waals surface area contributed by atoms with Crippen molar-refractivity contribution in [3.8, 4) is 28.6 Å². The van der Waals surface area contributed by atoms with Gasteiger partial charge in [0.25, 0.3) is 5.56 Å². The molecule has 0 saturated heterocycles. The molecular formula is C36H35Br2N3O4. The van der Waals surface area contributed by atoms with E-state index in [1.165, 1.54) is 4.68 Å².